The molecule has 0 fully saturated rings. The largest absolute Gasteiger partial charge is 0.420 e. The van der Waals surface area contributed by atoms with Crippen LogP contribution in [0.5, 0.6) is 11.5 Å². The van der Waals surface area contributed by atoms with Gasteiger partial charge in [-0.3, -0.25) is 9.59 Å². The van der Waals surface area contributed by atoms with Crippen LogP contribution in [0, 0.1) is 58.2 Å². The van der Waals surface area contributed by atoms with E-state index in [1.165, 1.54) is 0 Å². The van der Waals surface area contributed by atoms with E-state index in [9.17, 15) is 53.5 Å². The second-order valence-electron chi connectivity index (χ2n) is 7.08. The fourth-order valence-electron chi connectivity index (χ4n) is 2.53. The molecule has 0 heterocycles. The number of carbonyl (C=O) groups excluding carboxylic acids is 2. The van der Waals surface area contributed by atoms with E-state index in [1.807, 2.05) is 0 Å². The Morgan fingerprint density at radius 1 is 0.385 bits per heavy atom. The van der Waals surface area contributed by atoms with Gasteiger partial charge in [0.15, 0.2) is 0 Å². The van der Waals surface area contributed by atoms with Gasteiger partial charge in [-0.25, -0.2) is 26.3 Å². The maximum atomic E-state index is 13.5. The Hall–Kier alpha value is -3.44. The van der Waals surface area contributed by atoms with Gasteiger partial charge in [-0.05, 0) is 0 Å². The molecule has 2 aromatic carbocycles. The molecule has 0 aliphatic heterocycles. The number of rotatable bonds is 14. The van der Waals surface area contributed by atoms with Crippen molar-refractivity contribution in [2.75, 3.05) is 39.6 Å². The normalized spacial score (nSPS) is 11.1. The van der Waals surface area contributed by atoms with Crippen molar-refractivity contribution in [1.29, 1.82) is 0 Å². The number of hydrogen-bond donors (Lipinski definition) is 0. The van der Waals surface area contributed by atoms with Crippen LogP contribution in [0.4, 0.5) is 43.9 Å². The molecule has 7 nitrogen and oxygen atoms in total. The lowest BCUT2D eigenvalue weighted by atomic mass is 10.2. The maximum absolute atomic E-state index is 13.5. The van der Waals surface area contributed by atoms with Crippen LogP contribution < -0.4 is 9.47 Å². The molecule has 2 rings (SSSR count). The molecular formula is C22H16F10O7. The summed E-state index contributed by atoms with van der Waals surface area (Å²) in [7, 11) is 0. The lowest BCUT2D eigenvalue weighted by Crippen LogP contribution is -2.17. The zero-order valence-corrected chi connectivity index (χ0v) is 19.3. The number of ether oxygens (including phenoxy) is 5. The van der Waals surface area contributed by atoms with Crippen LogP contribution in [0.25, 0.3) is 0 Å². The zero-order valence-electron chi connectivity index (χ0n) is 19.3. The highest BCUT2D eigenvalue weighted by molar-refractivity contribution is 5.73. The lowest BCUT2D eigenvalue weighted by molar-refractivity contribution is -0.136. The number of hydrogen-bond acceptors (Lipinski definition) is 7. The Kier molecular flexibility index (Phi) is 11.9. The molecule has 17 heteroatoms. The summed E-state index contributed by atoms with van der Waals surface area (Å²) in [6, 6.07) is 0. The molecule has 0 bridgehead atoms. The molecule has 2 aromatic rings. The first-order valence-electron chi connectivity index (χ1n) is 10.6. The lowest BCUT2D eigenvalue weighted by Gasteiger charge is -2.10. The van der Waals surface area contributed by atoms with E-state index in [1.54, 1.807) is 0 Å². The predicted molar refractivity (Wildman–Crippen MR) is 105 cm³/mol. The van der Waals surface area contributed by atoms with Crippen LogP contribution in [0.15, 0.2) is 0 Å². The quantitative estimate of drug-likeness (QED) is 0.0816. The maximum Gasteiger partial charge on any atom is 0.313 e. The van der Waals surface area contributed by atoms with E-state index in [0.29, 0.717) is 0 Å². The van der Waals surface area contributed by atoms with Crippen molar-refractivity contribution < 1.29 is 77.2 Å². The van der Waals surface area contributed by atoms with Gasteiger partial charge in [0, 0.05) is 0 Å². The van der Waals surface area contributed by atoms with Crippen molar-refractivity contribution in [2.45, 2.75) is 12.8 Å². The number of esters is 2. The minimum Gasteiger partial charge on any atom is -0.420 e. The molecule has 0 saturated carbocycles. The van der Waals surface area contributed by atoms with Crippen LogP contribution in [0.1, 0.15) is 12.8 Å². The van der Waals surface area contributed by atoms with Gasteiger partial charge in [0.25, 0.3) is 0 Å². The van der Waals surface area contributed by atoms with E-state index in [4.69, 9.17) is 14.2 Å². The van der Waals surface area contributed by atoms with Crippen LogP contribution in [0.2, 0.25) is 0 Å². The summed E-state index contributed by atoms with van der Waals surface area (Å²) in [6.45, 7) is -1.05. The minimum atomic E-state index is -2.41. The average Bonchev–Trinajstić information content (AvgIpc) is 2.91. The molecule has 39 heavy (non-hydrogen) atoms. The van der Waals surface area contributed by atoms with Gasteiger partial charge in [-0.2, -0.15) is 17.6 Å². The fourth-order valence-corrected chi connectivity index (χ4v) is 2.53. The minimum absolute atomic E-state index is 0.0572. The number of halogens is 10. The van der Waals surface area contributed by atoms with E-state index >= 15 is 0 Å². The standard InChI is InChI=1S/C22H16F10O7/c23-11-13(25)17(29)21(18(30)14(11)26)38-9(33)1-3-35-5-7-37-8-6-36-4-2-10(34)39-22-19(31)15(27)12(24)16(28)20(22)32/h1-8H2. The van der Waals surface area contributed by atoms with E-state index in [0.717, 1.165) is 0 Å². The highest BCUT2D eigenvalue weighted by Crippen LogP contribution is 2.30. The molecular weight excluding hydrogens is 566 g/mol. The van der Waals surface area contributed by atoms with Crippen molar-refractivity contribution in [3.05, 3.63) is 58.2 Å². The molecule has 0 aromatic heterocycles. The third-order valence-corrected chi connectivity index (χ3v) is 4.42. The first kappa shape index (κ1) is 31.8. The van der Waals surface area contributed by atoms with Crippen molar-refractivity contribution in [2.24, 2.45) is 0 Å². The van der Waals surface area contributed by atoms with Gasteiger partial charge >= 0.3 is 11.9 Å². The summed E-state index contributed by atoms with van der Waals surface area (Å²) in [5.74, 6) is -29.4. The average molecular weight is 582 g/mol. The van der Waals surface area contributed by atoms with Crippen LogP contribution >= 0.6 is 0 Å². The Morgan fingerprint density at radius 2 is 0.615 bits per heavy atom. The third-order valence-electron chi connectivity index (χ3n) is 4.42. The van der Waals surface area contributed by atoms with Gasteiger partial charge in [0.05, 0.1) is 52.5 Å². The van der Waals surface area contributed by atoms with Gasteiger partial charge < -0.3 is 23.7 Å². The Morgan fingerprint density at radius 3 is 0.897 bits per heavy atom. The van der Waals surface area contributed by atoms with E-state index < -0.39 is 94.5 Å². The molecule has 0 aliphatic rings. The van der Waals surface area contributed by atoms with Crippen molar-refractivity contribution >= 4 is 11.9 Å². The number of carbonyl (C=O) groups is 2. The van der Waals surface area contributed by atoms with E-state index in [2.05, 4.69) is 9.47 Å². The molecule has 0 N–H and O–H groups in total. The summed E-state index contributed by atoms with van der Waals surface area (Å²) in [5, 5.41) is 0. The highest BCUT2D eigenvalue weighted by atomic mass is 19.2. The predicted octanol–water partition coefficient (Wildman–Crippen LogP) is 4.42. The summed E-state index contributed by atoms with van der Waals surface area (Å²) in [4.78, 5) is 23.1. The van der Waals surface area contributed by atoms with Crippen LogP contribution in [-0.2, 0) is 23.8 Å². The molecule has 216 valence electrons. The zero-order chi connectivity index (χ0) is 29.3. The fraction of sp³-hybridized carbons (Fsp3) is 0.364. The monoisotopic (exact) mass is 582 g/mol. The Labute approximate surface area is 212 Å². The molecule has 0 saturated heterocycles. The first-order chi connectivity index (χ1) is 18.4. The van der Waals surface area contributed by atoms with Gasteiger partial charge in [-0.1, -0.05) is 0 Å². The molecule has 0 atom stereocenters. The smallest absolute Gasteiger partial charge is 0.313 e. The third kappa shape index (κ3) is 8.27. The van der Waals surface area contributed by atoms with Crippen LogP contribution in [-0.4, -0.2) is 51.6 Å². The molecule has 0 radical (unpaired) electrons. The molecule has 0 spiro atoms. The summed E-state index contributed by atoms with van der Waals surface area (Å²) >= 11 is 0. The van der Waals surface area contributed by atoms with E-state index in [-0.39, 0.29) is 39.6 Å². The van der Waals surface area contributed by atoms with Crippen molar-refractivity contribution in [1.82, 2.24) is 0 Å². The van der Waals surface area contributed by atoms with Gasteiger partial charge in [0.2, 0.25) is 69.7 Å². The first-order valence-corrected chi connectivity index (χ1v) is 10.6. The summed E-state index contributed by atoms with van der Waals surface area (Å²) < 4.78 is 155. The second kappa shape index (κ2) is 14.6. The van der Waals surface area contributed by atoms with Gasteiger partial charge in [-0.15, -0.1) is 0 Å². The molecule has 0 unspecified atom stereocenters. The highest BCUT2D eigenvalue weighted by Gasteiger charge is 2.29. The Bertz CT molecular complexity index is 1060. The SMILES string of the molecule is O=C(CCOCCOCCOCCC(=O)Oc1c(F)c(F)c(F)c(F)c1F)Oc1c(F)c(F)c(F)c(F)c1F. The van der Waals surface area contributed by atoms with Crippen molar-refractivity contribution in [3.8, 4) is 11.5 Å². The Balaban J connectivity index is 1.56. The van der Waals surface area contributed by atoms with Crippen molar-refractivity contribution in [3.63, 3.8) is 0 Å². The van der Waals surface area contributed by atoms with Gasteiger partial charge in [0.1, 0.15) is 0 Å². The summed E-state index contributed by atoms with van der Waals surface area (Å²) in [6.07, 6.45) is -1.21. The topological polar surface area (TPSA) is 80.3 Å². The molecule has 0 aliphatic carbocycles. The number of benzene rings is 2. The summed E-state index contributed by atoms with van der Waals surface area (Å²) in [5.41, 5.74) is 0. The van der Waals surface area contributed by atoms with Crippen LogP contribution in [0.3, 0.4) is 0 Å². The second-order valence-corrected chi connectivity index (χ2v) is 7.08. The molecule has 0 amide bonds.